The van der Waals surface area contributed by atoms with E-state index < -0.39 is 6.10 Å². The van der Waals surface area contributed by atoms with Gasteiger partial charge in [-0.05, 0) is 19.4 Å². The molecule has 0 fully saturated rings. The fraction of sp³-hybridized carbons (Fsp3) is 0.385. The first kappa shape index (κ1) is 12.0. The van der Waals surface area contributed by atoms with E-state index in [1.54, 1.807) is 0 Å². The molecule has 0 bridgehead atoms. The summed E-state index contributed by atoms with van der Waals surface area (Å²) < 4.78 is 0. The SMILES string of the molecule is CC(C)=CC(O)CNCc1ccccc1. The van der Waals surface area contributed by atoms with Crippen molar-refractivity contribution < 1.29 is 5.11 Å². The van der Waals surface area contributed by atoms with Gasteiger partial charge in [-0.25, -0.2) is 0 Å². The molecule has 0 spiro atoms. The lowest BCUT2D eigenvalue weighted by atomic mass is 10.2. The van der Waals surface area contributed by atoms with Gasteiger partial charge in [-0.15, -0.1) is 0 Å². The van der Waals surface area contributed by atoms with Crippen molar-refractivity contribution in [2.24, 2.45) is 0 Å². The highest BCUT2D eigenvalue weighted by molar-refractivity contribution is 5.14. The van der Waals surface area contributed by atoms with Crippen LogP contribution in [0.4, 0.5) is 0 Å². The van der Waals surface area contributed by atoms with Gasteiger partial charge in [0.2, 0.25) is 0 Å². The molecule has 1 unspecified atom stereocenters. The maximum absolute atomic E-state index is 9.56. The monoisotopic (exact) mass is 205 g/mol. The predicted molar refractivity (Wildman–Crippen MR) is 63.6 cm³/mol. The Kier molecular flexibility index (Phi) is 5.08. The lowest BCUT2D eigenvalue weighted by Gasteiger charge is -2.08. The van der Waals surface area contributed by atoms with Gasteiger partial charge in [-0.2, -0.15) is 0 Å². The summed E-state index contributed by atoms with van der Waals surface area (Å²) in [6.45, 7) is 5.37. The van der Waals surface area contributed by atoms with Crippen LogP contribution in [-0.4, -0.2) is 17.8 Å². The van der Waals surface area contributed by atoms with Gasteiger partial charge >= 0.3 is 0 Å². The molecule has 1 rings (SSSR count). The molecule has 0 aliphatic heterocycles. The maximum Gasteiger partial charge on any atom is 0.0847 e. The molecule has 0 saturated carbocycles. The van der Waals surface area contributed by atoms with Gasteiger partial charge in [0.1, 0.15) is 0 Å². The lowest BCUT2D eigenvalue weighted by molar-refractivity contribution is 0.217. The molecule has 82 valence electrons. The predicted octanol–water partition coefficient (Wildman–Crippen LogP) is 2.10. The molecule has 0 heterocycles. The number of hydrogen-bond acceptors (Lipinski definition) is 2. The molecule has 1 aromatic rings. The second-order valence-electron chi connectivity index (χ2n) is 3.93. The van der Waals surface area contributed by atoms with Crippen molar-refractivity contribution in [2.45, 2.75) is 26.5 Å². The third-order valence-electron chi connectivity index (χ3n) is 2.05. The van der Waals surface area contributed by atoms with E-state index in [1.807, 2.05) is 38.1 Å². The molecule has 0 aromatic heterocycles. The molecule has 0 aliphatic carbocycles. The van der Waals surface area contributed by atoms with Crippen LogP contribution in [0, 0.1) is 0 Å². The molecule has 0 saturated heterocycles. The first-order valence-electron chi connectivity index (χ1n) is 5.26. The van der Waals surface area contributed by atoms with Gasteiger partial charge in [0.25, 0.3) is 0 Å². The van der Waals surface area contributed by atoms with E-state index >= 15 is 0 Å². The average molecular weight is 205 g/mol. The third kappa shape index (κ3) is 5.35. The van der Waals surface area contributed by atoms with Gasteiger partial charge in [-0.3, -0.25) is 0 Å². The van der Waals surface area contributed by atoms with Crippen molar-refractivity contribution in [1.29, 1.82) is 0 Å². The lowest BCUT2D eigenvalue weighted by Crippen LogP contribution is -2.25. The van der Waals surface area contributed by atoms with Gasteiger partial charge in [0.15, 0.2) is 0 Å². The Morgan fingerprint density at radius 3 is 2.60 bits per heavy atom. The number of aliphatic hydroxyl groups is 1. The van der Waals surface area contributed by atoms with E-state index in [0.29, 0.717) is 6.54 Å². The summed E-state index contributed by atoms with van der Waals surface area (Å²) in [6, 6.07) is 10.2. The quantitative estimate of drug-likeness (QED) is 0.722. The second-order valence-corrected chi connectivity index (χ2v) is 3.93. The van der Waals surface area contributed by atoms with E-state index in [0.717, 1.165) is 12.1 Å². The smallest absolute Gasteiger partial charge is 0.0847 e. The Morgan fingerprint density at radius 1 is 1.33 bits per heavy atom. The van der Waals surface area contributed by atoms with Crippen LogP contribution in [0.2, 0.25) is 0 Å². The molecule has 2 nitrogen and oxygen atoms in total. The Bertz CT molecular complexity index is 302. The number of benzene rings is 1. The molecule has 0 radical (unpaired) electrons. The molecule has 15 heavy (non-hydrogen) atoms. The summed E-state index contributed by atoms with van der Waals surface area (Å²) in [7, 11) is 0. The van der Waals surface area contributed by atoms with E-state index in [4.69, 9.17) is 0 Å². The zero-order chi connectivity index (χ0) is 11.1. The Morgan fingerprint density at radius 2 is 2.00 bits per heavy atom. The van der Waals surface area contributed by atoms with Crippen LogP contribution in [0.5, 0.6) is 0 Å². The van der Waals surface area contributed by atoms with Crippen molar-refractivity contribution in [3.05, 3.63) is 47.5 Å². The normalized spacial score (nSPS) is 12.2. The van der Waals surface area contributed by atoms with Crippen LogP contribution in [0.1, 0.15) is 19.4 Å². The molecule has 2 heteroatoms. The topological polar surface area (TPSA) is 32.3 Å². The number of allylic oxidation sites excluding steroid dienone is 1. The van der Waals surface area contributed by atoms with Crippen molar-refractivity contribution in [2.75, 3.05) is 6.54 Å². The summed E-state index contributed by atoms with van der Waals surface area (Å²) in [5.74, 6) is 0. The van der Waals surface area contributed by atoms with E-state index in [9.17, 15) is 5.11 Å². The number of rotatable bonds is 5. The van der Waals surface area contributed by atoms with Crippen LogP contribution in [-0.2, 0) is 6.54 Å². The van der Waals surface area contributed by atoms with Gasteiger partial charge in [-0.1, -0.05) is 42.0 Å². The summed E-state index contributed by atoms with van der Waals surface area (Å²) in [5.41, 5.74) is 2.38. The van der Waals surface area contributed by atoms with Gasteiger partial charge in [0, 0.05) is 13.1 Å². The van der Waals surface area contributed by atoms with Crippen molar-refractivity contribution in [3.8, 4) is 0 Å². The van der Waals surface area contributed by atoms with Crippen LogP contribution >= 0.6 is 0 Å². The van der Waals surface area contributed by atoms with Crippen molar-refractivity contribution in [3.63, 3.8) is 0 Å². The van der Waals surface area contributed by atoms with E-state index in [1.165, 1.54) is 5.56 Å². The summed E-state index contributed by atoms with van der Waals surface area (Å²) in [4.78, 5) is 0. The van der Waals surface area contributed by atoms with Crippen LogP contribution in [0.25, 0.3) is 0 Å². The molecule has 0 amide bonds. The summed E-state index contributed by atoms with van der Waals surface area (Å²) >= 11 is 0. The molecule has 1 atom stereocenters. The molecular weight excluding hydrogens is 186 g/mol. The minimum atomic E-state index is -0.390. The summed E-state index contributed by atoms with van der Waals surface area (Å²) in [6.07, 6.45) is 1.47. The van der Waals surface area contributed by atoms with E-state index in [2.05, 4.69) is 17.4 Å². The maximum atomic E-state index is 9.56. The molecule has 0 aliphatic rings. The molecular formula is C13H19NO. The van der Waals surface area contributed by atoms with Gasteiger partial charge < -0.3 is 10.4 Å². The Hall–Kier alpha value is -1.12. The standard InChI is InChI=1S/C13H19NO/c1-11(2)8-13(15)10-14-9-12-6-4-3-5-7-12/h3-8,13-15H,9-10H2,1-2H3. The number of hydrogen-bond donors (Lipinski definition) is 2. The zero-order valence-corrected chi connectivity index (χ0v) is 9.40. The largest absolute Gasteiger partial charge is 0.388 e. The van der Waals surface area contributed by atoms with E-state index in [-0.39, 0.29) is 0 Å². The minimum Gasteiger partial charge on any atom is -0.388 e. The highest BCUT2D eigenvalue weighted by Crippen LogP contribution is 1.98. The molecule has 1 aromatic carbocycles. The Balaban J connectivity index is 2.25. The van der Waals surface area contributed by atoms with Crippen LogP contribution in [0.15, 0.2) is 42.0 Å². The zero-order valence-electron chi connectivity index (χ0n) is 9.40. The average Bonchev–Trinajstić information content (AvgIpc) is 2.18. The first-order chi connectivity index (χ1) is 7.18. The van der Waals surface area contributed by atoms with Crippen LogP contribution in [0.3, 0.4) is 0 Å². The molecule has 2 N–H and O–H groups in total. The number of aliphatic hydroxyl groups excluding tert-OH is 1. The van der Waals surface area contributed by atoms with Gasteiger partial charge in [0.05, 0.1) is 6.10 Å². The fourth-order valence-corrected chi connectivity index (χ4v) is 1.40. The number of nitrogens with one attached hydrogen (secondary N) is 1. The summed E-state index contributed by atoms with van der Waals surface area (Å²) in [5, 5.41) is 12.8. The Labute approximate surface area is 91.6 Å². The highest BCUT2D eigenvalue weighted by Gasteiger charge is 1.98. The van der Waals surface area contributed by atoms with Crippen LogP contribution < -0.4 is 5.32 Å². The second kappa shape index (κ2) is 6.38. The highest BCUT2D eigenvalue weighted by atomic mass is 16.3. The first-order valence-corrected chi connectivity index (χ1v) is 5.26. The third-order valence-corrected chi connectivity index (χ3v) is 2.05. The fourth-order valence-electron chi connectivity index (χ4n) is 1.40. The minimum absolute atomic E-state index is 0.390. The van der Waals surface area contributed by atoms with Crippen molar-refractivity contribution >= 4 is 0 Å². The van der Waals surface area contributed by atoms with Crippen molar-refractivity contribution in [1.82, 2.24) is 5.32 Å².